The van der Waals surface area contributed by atoms with Crippen molar-refractivity contribution in [1.29, 1.82) is 0 Å². The van der Waals surface area contributed by atoms with Crippen molar-refractivity contribution in [1.82, 2.24) is 4.90 Å². The molecule has 0 spiro atoms. The number of rotatable bonds is 6. The number of nitrogens with zero attached hydrogens (tertiary/aromatic N) is 1. The smallest absolute Gasteiger partial charge is 0.320 e. The van der Waals surface area contributed by atoms with E-state index in [2.05, 4.69) is 5.32 Å². The molecule has 1 fully saturated rings. The molecule has 22 heavy (non-hydrogen) atoms. The first-order valence-electron chi connectivity index (χ1n) is 7.04. The number of nitrogens with one attached hydrogen (secondary N) is 1. The molecule has 2 N–H and O–H groups in total. The highest BCUT2D eigenvalue weighted by atomic mass is 16.5. The van der Waals surface area contributed by atoms with Gasteiger partial charge in [0.15, 0.2) is 0 Å². The van der Waals surface area contributed by atoms with Gasteiger partial charge in [-0.15, -0.1) is 0 Å². The predicted octanol–water partition coefficient (Wildman–Crippen LogP) is 1.19. The predicted molar refractivity (Wildman–Crippen MR) is 80.4 cm³/mol. The minimum absolute atomic E-state index is 0.0478. The number of anilines is 1. The second-order valence-electron chi connectivity index (χ2n) is 5.08. The van der Waals surface area contributed by atoms with E-state index in [1.54, 1.807) is 30.2 Å². The van der Waals surface area contributed by atoms with Crippen LogP contribution < -0.4 is 14.8 Å². The molecule has 0 bridgehead atoms. The number of carboxylic acid groups (broad SMARTS) is 1. The lowest BCUT2D eigenvalue weighted by molar-refractivity contribution is -0.142. The number of carboxylic acids is 1. The molecular formula is C15H20N2O5. The lowest BCUT2D eigenvalue weighted by atomic mass is 10.2. The van der Waals surface area contributed by atoms with Gasteiger partial charge in [-0.25, -0.2) is 0 Å². The van der Waals surface area contributed by atoms with Crippen LogP contribution in [0.1, 0.15) is 12.8 Å². The normalized spacial score (nSPS) is 18.0. The first kappa shape index (κ1) is 16.1. The minimum Gasteiger partial charge on any atom is -0.497 e. The molecule has 1 aliphatic rings. The van der Waals surface area contributed by atoms with Crippen molar-refractivity contribution in [3.8, 4) is 11.5 Å². The van der Waals surface area contributed by atoms with E-state index < -0.39 is 12.0 Å². The average molecular weight is 308 g/mol. The van der Waals surface area contributed by atoms with E-state index in [1.807, 2.05) is 0 Å². The Hall–Kier alpha value is -2.28. The molecule has 7 nitrogen and oxygen atoms in total. The average Bonchev–Trinajstić information content (AvgIpc) is 2.95. The third-order valence-electron chi connectivity index (χ3n) is 3.68. The molecule has 0 saturated carbocycles. The zero-order valence-corrected chi connectivity index (χ0v) is 12.7. The fourth-order valence-corrected chi connectivity index (χ4v) is 2.57. The summed E-state index contributed by atoms with van der Waals surface area (Å²) in [5.41, 5.74) is 0.527. The zero-order chi connectivity index (χ0) is 16.1. The van der Waals surface area contributed by atoms with Crippen molar-refractivity contribution in [2.24, 2.45) is 0 Å². The number of carbonyl (C=O) groups is 2. The molecule has 1 atom stereocenters. The summed E-state index contributed by atoms with van der Waals surface area (Å²) in [5.74, 6) is -0.0341. The Kier molecular flexibility index (Phi) is 5.21. The van der Waals surface area contributed by atoms with Crippen molar-refractivity contribution >= 4 is 17.6 Å². The summed E-state index contributed by atoms with van der Waals surface area (Å²) >= 11 is 0. The Bertz CT molecular complexity index is 561. The van der Waals surface area contributed by atoms with Crippen LogP contribution in [0.2, 0.25) is 0 Å². The van der Waals surface area contributed by atoms with Gasteiger partial charge >= 0.3 is 5.97 Å². The van der Waals surface area contributed by atoms with Crippen LogP contribution >= 0.6 is 0 Å². The monoisotopic (exact) mass is 308 g/mol. The van der Waals surface area contributed by atoms with E-state index >= 15 is 0 Å². The summed E-state index contributed by atoms with van der Waals surface area (Å²) in [7, 11) is 3.05. The van der Waals surface area contributed by atoms with Crippen LogP contribution in [0.5, 0.6) is 11.5 Å². The van der Waals surface area contributed by atoms with Gasteiger partial charge in [0.25, 0.3) is 0 Å². The summed E-state index contributed by atoms with van der Waals surface area (Å²) in [6.45, 7) is 0.663. The molecule has 0 radical (unpaired) electrons. The standard InChI is InChI=1S/C15H20N2O5/c1-21-10-5-6-11(13(8-10)22-2)16-14(18)9-17-7-3-4-12(17)15(19)20/h5-6,8,12H,3-4,7,9H2,1-2H3,(H,16,18)(H,19,20). The Morgan fingerprint density at radius 3 is 2.77 bits per heavy atom. The molecule has 1 unspecified atom stereocenters. The molecule has 0 aromatic heterocycles. The molecule has 120 valence electrons. The maximum Gasteiger partial charge on any atom is 0.320 e. The van der Waals surface area contributed by atoms with Gasteiger partial charge in [-0.3, -0.25) is 14.5 Å². The van der Waals surface area contributed by atoms with Crippen LogP contribution in [-0.2, 0) is 9.59 Å². The van der Waals surface area contributed by atoms with Gasteiger partial charge in [0.05, 0.1) is 26.5 Å². The number of methoxy groups -OCH3 is 2. The number of hydrogen-bond donors (Lipinski definition) is 2. The molecule has 0 aliphatic carbocycles. The van der Waals surface area contributed by atoms with Crippen LogP contribution in [0.15, 0.2) is 18.2 Å². The van der Waals surface area contributed by atoms with Crippen molar-refractivity contribution < 1.29 is 24.2 Å². The largest absolute Gasteiger partial charge is 0.497 e. The van der Waals surface area contributed by atoms with E-state index in [4.69, 9.17) is 14.6 Å². The van der Waals surface area contributed by atoms with Gasteiger partial charge in [-0.05, 0) is 31.5 Å². The topological polar surface area (TPSA) is 88.1 Å². The SMILES string of the molecule is COc1ccc(NC(=O)CN2CCCC2C(=O)O)c(OC)c1. The van der Waals surface area contributed by atoms with Gasteiger partial charge in [-0.1, -0.05) is 0 Å². The second-order valence-corrected chi connectivity index (χ2v) is 5.08. The van der Waals surface area contributed by atoms with Crippen LogP contribution in [-0.4, -0.2) is 55.2 Å². The zero-order valence-electron chi connectivity index (χ0n) is 12.7. The minimum atomic E-state index is -0.882. The quantitative estimate of drug-likeness (QED) is 0.821. The fraction of sp³-hybridized carbons (Fsp3) is 0.467. The van der Waals surface area contributed by atoms with Crippen molar-refractivity contribution in [3.63, 3.8) is 0 Å². The van der Waals surface area contributed by atoms with Crippen LogP contribution in [0.25, 0.3) is 0 Å². The van der Waals surface area contributed by atoms with E-state index in [1.165, 1.54) is 7.11 Å². The van der Waals surface area contributed by atoms with Crippen LogP contribution in [0.4, 0.5) is 5.69 Å². The van der Waals surface area contributed by atoms with Crippen molar-refractivity contribution in [2.75, 3.05) is 32.6 Å². The van der Waals surface area contributed by atoms with E-state index in [9.17, 15) is 9.59 Å². The number of amides is 1. The van der Waals surface area contributed by atoms with Crippen LogP contribution in [0, 0.1) is 0 Å². The van der Waals surface area contributed by atoms with Gasteiger partial charge < -0.3 is 19.9 Å². The number of likely N-dealkylation sites (tertiary alicyclic amines) is 1. The maximum atomic E-state index is 12.1. The number of hydrogen-bond acceptors (Lipinski definition) is 5. The number of benzene rings is 1. The fourth-order valence-electron chi connectivity index (χ4n) is 2.57. The summed E-state index contributed by atoms with van der Waals surface area (Å²) in [6.07, 6.45) is 1.37. The lowest BCUT2D eigenvalue weighted by Crippen LogP contribution is -2.40. The van der Waals surface area contributed by atoms with Crippen molar-refractivity contribution in [3.05, 3.63) is 18.2 Å². The summed E-state index contributed by atoms with van der Waals surface area (Å²) in [5, 5.41) is 11.9. The third-order valence-corrected chi connectivity index (χ3v) is 3.68. The van der Waals surface area contributed by atoms with Gasteiger partial charge in [0.2, 0.25) is 5.91 Å². The highest BCUT2D eigenvalue weighted by Crippen LogP contribution is 2.29. The summed E-state index contributed by atoms with van der Waals surface area (Å²) in [6, 6.07) is 4.50. The first-order chi connectivity index (χ1) is 10.5. The molecule has 7 heteroatoms. The Morgan fingerprint density at radius 1 is 1.36 bits per heavy atom. The molecule has 1 heterocycles. The number of ether oxygens (including phenoxy) is 2. The van der Waals surface area contributed by atoms with Crippen molar-refractivity contribution in [2.45, 2.75) is 18.9 Å². The number of carbonyl (C=O) groups excluding carboxylic acids is 1. The van der Waals surface area contributed by atoms with Gasteiger partial charge in [-0.2, -0.15) is 0 Å². The first-order valence-corrected chi connectivity index (χ1v) is 7.04. The molecular weight excluding hydrogens is 288 g/mol. The van der Waals surface area contributed by atoms with E-state index in [-0.39, 0.29) is 12.5 Å². The molecule has 1 aromatic rings. The highest BCUT2D eigenvalue weighted by molar-refractivity contribution is 5.94. The lowest BCUT2D eigenvalue weighted by Gasteiger charge is -2.20. The van der Waals surface area contributed by atoms with E-state index in [0.717, 1.165) is 6.42 Å². The molecule has 2 rings (SSSR count). The number of aliphatic carboxylic acids is 1. The molecule has 1 aromatic carbocycles. The Labute approximate surface area is 128 Å². The second kappa shape index (κ2) is 7.13. The molecule has 1 amide bonds. The van der Waals surface area contributed by atoms with Crippen LogP contribution in [0.3, 0.4) is 0 Å². The summed E-state index contributed by atoms with van der Waals surface area (Å²) < 4.78 is 10.3. The maximum absolute atomic E-state index is 12.1. The molecule has 1 aliphatic heterocycles. The molecule has 1 saturated heterocycles. The van der Waals surface area contributed by atoms with Gasteiger partial charge in [0, 0.05) is 6.07 Å². The third kappa shape index (κ3) is 3.67. The van der Waals surface area contributed by atoms with E-state index in [0.29, 0.717) is 30.2 Å². The highest BCUT2D eigenvalue weighted by Gasteiger charge is 2.31. The summed E-state index contributed by atoms with van der Waals surface area (Å²) in [4.78, 5) is 24.9. The Balaban J connectivity index is 2.01. The Morgan fingerprint density at radius 2 is 2.14 bits per heavy atom. The van der Waals surface area contributed by atoms with Gasteiger partial charge in [0.1, 0.15) is 17.5 Å².